The van der Waals surface area contributed by atoms with Gasteiger partial charge in [-0.05, 0) is 49.1 Å². The topological polar surface area (TPSA) is 89.3 Å². The number of benzene rings is 1. The average Bonchev–Trinajstić information content (AvgIpc) is 3.04. The highest BCUT2D eigenvalue weighted by Gasteiger charge is 2.68. The van der Waals surface area contributed by atoms with Gasteiger partial charge < -0.3 is 0 Å². The Bertz CT molecular complexity index is 867. The van der Waals surface area contributed by atoms with Crippen molar-refractivity contribution in [3.05, 3.63) is 34.4 Å². The molecule has 150 valence electrons. The van der Waals surface area contributed by atoms with E-state index in [2.05, 4.69) is 4.72 Å². The van der Waals surface area contributed by atoms with Crippen LogP contribution in [0.1, 0.15) is 33.6 Å². The number of halogens is 3. The van der Waals surface area contributed by atoms with Crippen molar-refractivity contribution in [2.75, 3.05) is 0 Å². The summed E-state index contributed by atoms with van der Waals surface area (Å²) < 4.78 is 68.7. The fourth-order valence-corrected chi connectivity index (χ4v) is 6.02. The Kier molecular flexibility index (Phi) is 4.39. The summed E-state index contributed by atoms with van der Waals surface area (Å²) in [5.41, 5.74) is -2.21. The smallest absolute Gasteiger partial charge is 0.258 e. The van der Waals surface area contributed by atoms with Crippen molar-refractivity contribution in [2.24, 2.45) is 23.2 Å². The van der Waals surface area contributed by atoms with Crippen LogP contribution >= 0.6 is 0 Å². The number of hydrogen-bond donors (Lipinski definition) is 1. The zero-order valence-electron chi connectivity index (χ0n) is 15.1. The summed E-state index contributed by atoms with van der Waals surface area (Å²) in [7, 11) is -4.27. The number of nitro groups is 1. The number of rotatable bonds is 4. The van der Waals surface area contributed by atoms with Crippen molar-refractivity contribution in [3.63, 3.8) is 0 Å². The molecule has 2 fully saturated rings. The number of hydrogen-bond acceptors (Lipinski definition) is 4. The van der Waals surface area contributed by atoms with E-state index >= 15 is 0 Å². The number of sulfonamides is 1. The normalized spacial score (nSPS) is 32.6. The van der Waals surface area contributed by atoms with Crippen LogP contribution in [-0.4, -0.2) is 25.1 Å². The van der Waals surface area contributed by atoms with Crippen molar-refractivity contribution in [1.82, 2.24) is 4.72 Å². The van der Waals surface area contributed by atoms with Gasteiger partial charge in [0.1, 0.15) is 0 Å². The van der Waals surface area contributed by atoms with Gasteiger partial charge >= 0.3 is 6.18 Å². The van der Waals surface area contributed by atoms with Gasteiger partial charge in [-0.1, -0.05) is 13.8 Å². The van der Waals surface area contributed by atoms with Crippen molar-refractivity contribution >= 4 is 15.7 Å². The summed E-state index contributed by atoms with van der Waals surface area (Å²) in [6.45, 7) is 5.12. The van der Waals surface area contributed by atoms with E-state index in [4.69, 9.17) is 0 Å². The number of fused-ring (bicyclic) bond motifs is 1. The molecule has 0 bridgehead atoms. The van der Waals surface area contributed by atoms with E-state index < -0.39 is 32.6 Å². The number of nitrogens with one attached hydrogen (secondary N) is 1. The van der Waals surface area contributed by atoms with E-state index in [1.165, 1.54) is 6.92 Å². The third-order valence-corrected chi connectivity index (χ3v) is 7.94. The van der Waals surface area contributed by atoms with Crippen LogP contribution in [0.15, 0.2) is 29.2 Å². The molecule has 0 saturated heterocycles. The summed E-state index contributed by atoms with van der Waals surface area (Å²) in [5, 5.41) is 10.7. The second-order valence-corrected chi connectivity index (χ2v) is 10.0. The molecule has 1 aromatic rings. The highest BCUT2D eigenvalue weighted by molar-refractivity contribution is 7.89. The van der Waals surface area contributed by atoms with Crippen molar-refractivity contribution in [2.45, 2.75) is 50.2 Å². The summed E-state index contributed by atoms with van der Waals surface area (Å²) in [6, 6.07) is 4.08. The lowest BCUT2D eigenvalue weighted by atomic mass is 9.74. The van der Waals surface area contributed by atoms with Gasteiger partial charge in [0.05, 0.1) is 15.7 Å². The van der Waals surface area contributed by atoms with Crippen LogP contribution in [0.25, 0.3) is 0 Å². The van der Waals surface area contributed by atoms with Crippen molar-refractivity contribution in [1.29, 1.82) is 0 Å². The second kappa shape index (κ2) is 5.91. The van der Waals surface area contributed by atoms with Crippen LogP contribution in [0.3, 0.4) is 0 Å². The van der Waals surface area contributed by atoms with Gasteiger partial charge in [-0.3, -0.25) is 10.1 Å². The third kappa shape index (κ3) is 3.44. The first-order valence-electron chi connectivity index (χ1n) is 8.53. The lowest BCUT2D eigenvalue weighted by Crippen LogP contribution is -2.57. The number of nitro benzene ring substituents is 1. The van der Waals surface area contributed by atoms with Crippen LogP contribution < -0.4 is 4.72 Å². The van der Waals surface area contributed by atoms with Crippen LogP contribution in [0, 0.1) is 33.3 Å². The van der Waals surface area contributed by atoms with Gasteiger partial charge in [0.25, 0.3) is 5.69 Å². The lowest BCUT2D eigenvalue weighted by molar-refractivity contribution is -0.384. The van der Waals surface area contributed by atoms with Gasteiger partial charge in [-0.15, -0.1) is 0 Å². The van der Waals surface area contributed by atoms with E-state index in [-0.39, 0.29) is 40.7 Å². The molecule has 0 spiro atoms. The fraction of sp³-hybridized carbons (Fsp3) is 0.647. The first-order chi connectivity index (χ1) is 12.2. The quantitative estimate of drug-likeness (QED) is 0.607. The SMILES string of the molecule is CC1(C)[C@@H]2C[C@@H](C(F)(F)F)[C@](C)(NS(=O)(=O)c3ccc([N+](=O)[O-])cc3)C[C@@H]21. The van der Waals surface area contributed by atoms with E-state index in [0.29, 0.717) is 0 Å². The minimum atomic E-state index is -4.53. The summed E-state index contributed by atoms with van der Waals surface area (Å²) in [6.07, 6.45) is -4.54. The summed E-state index contributed by atoms with van der Waals surface area (Å²) in [4.78, 5) is 9.72. The van der Waals surface area contributed by atoms with Gasteiger partial charge in [0, 0.05) is 17.7 Å². The molecule has 1 N–H and O–H groups in total. The van der Waals surface area contributed by atoms with Crippen LogP contribution in [0.2, 0.25) is 0 Å². The van der Waals surface area contributed by atoms with Gasteiger partial charge in [0.15, 0.2) is 0 Å². The second-order valence-electron chi connectivity index (χ2n) is 8.34. The third-order valence-electron chi connectivity index (χ3n) is 6.31. The maximum Gasteiger partial charge on any atom is 0.393 e. The Morgan fingerprint density at radius 1 is 1.15 bits per heavy atom. The molecule has 2 aliphatic rings. The number of alkyl halides is 3. The highest BCUT2D eigenvalue weighted by Crippen LogP contribution is 2.69. The molecule has 3 rings (SSSR count). The van der Waals surface area contributed by atoms with E-state index in [0.717, 1.165) is 24.3 Å². The van der Waals surface area contributed by atoms with Crippen LogP contribution in [0.4, 0.5) is 18.9 Å². The maximum atomic E-state index is 13.7. The Balaban J connectivity index is 1.91. The van der Waals surface area contributed by atoms with E-state index in [1.54, 1.807) is 0 Å². The molecule has 0 unspecified atom stereocenters. The minimum Gasteiger partial charge on any atom is -0.258 e. The molecular weight excluding hydrogens is 385 g/mol. The van der Waals surface area contributed by atoms with E-state index in [1.807, 2.05) is 13.8 Å². The first-order valence-corrected chi connectivity index (χ1v) is 10.0. The predicted molar refractivity (Wildman–Crippen MR) is 91.4 cm³/mol. The molecule has 0 amide bonds. The molecule has 0 aliphatic heterocycles. The van der Waals surface area contributed by atoms with Gasteiger partial charge in [-0.25, -0.2) is 13.1 Å². The number of non-ortho nitro benzene ring substituents is 1. The monoisotopic (exact) mass is 406 g/mol. The largest absolute Gasteiger partial charge is 0.393 e. The molecule has 6 nitrogen and oxygen atoms in total. The van der Waals surface area contributed by atoms with Crippen molar-refractivity contribution in [3.8, 4) is 0 Å². The predicted octanol–water partition coefficient (Wildman–Crippen LogP) is 3.88. The zero-order chi connectivity index (χ0) is 20.4. The van der Waals surface area contributed by atoms with Gasteiger partial charge in [0.2, 0.25) is 10.0 Å². The standard InChI is InChI=1S/C17H21F3N2O4S/c1-15(2)12-8-14(17(18,19)20)16(3,9-13(12)15)21-27(25,26)11-6-4-10(5-7-11)22(23)24/h4-7,12-14,21H,8-9H2,1-3H3/t12-,13+,14-,16-/m1/s1. The first kappa shape index (κ1) is 20.1. The molecule has 0 aromatic heterocycles. The summed E-state index contributed by atoms with van der Waals surface area (Å²) in [5.74, 6) is -1.83. The molecule has 2 aliphatic carbocycles. The van der Waals surface area contributed by atoms with Crippen LogP contribution in [-0.2, 0) is 10.0 Å². The Morgan fingerprint density at radius 3 is 2.19 bits per heavy atom. The molecule has 4 atom stereocenters. The van der Waals surface area contributed by atoms with E-state index in [9.17, 15) is 31.7 Å². The summed E-state index contributed by atoms with van der Waals surface area (Å²) >= 11 is 0. The molecule has 1 aromatic carbocycles. The highest BCUT2D eigenvalue weighted by atomic mass is 32.2. The van der Waals surface area contributed by atoms with Crippen molar-refractivity contribution < 1.29 is 26.5 Å². The molecule has 27 heavy (non-hydrogen) atoms. The molecule has 10 heteroatoms. The Hall–Kier alpha value is -1.68. The maximum absolute atomic E-state index is 13.7. The Morgan fingerprint density at radius 2 is 1.70 bits per heavy atom. The molecule has 2 saturated carbocycles. The number of nitrogens with zero attached hydrogens (tertiary/aromatic N) is 1. The average molecular weight is 406 g/mol. The zero-order valence-corrected chi connectivity index (χ0v) is 15.9. The molecular formula is C17H21F3N2O4S. The Labute approximate surface area is 155 Å². The molecule has 0 heterocycles. The minimum absolute atomic E-state index is 0.0284. The van der Waals surface area contributed by atoms with Gasteiger partial charge in [-0.2, -0.15) is 13.2 Å². The fourth-order valence-electron chi connectivity index (χ4n) is 4.56. The van der Waals surface area contributed by atoms with Crippen LogP contribution in [0.5, 0.6) is 0 Å². The molecule has 0 radical (unpaired) electrons. The lowest BCUT2D eigenvalue weighted by Gasteiger charge is -2.42.